The largest absolute Gasteiger partial charge is 0.310 e. The molecule has 2 aliphatic carbocycles. The number of hydrogen-bond donors (Lipinski definition) is 0. The monoisotopic (exact) mass is 1630 g/mol. The summed E-state index contributed by atoms with van der Waals surface area (Å²) in [5.41, 5.74) is 17.8. The van der Waals surface area contributed by atoms with Crippen molar-refractivity contribution < 1.29 is 0 Å². The topological polar surface area (TPSA) is 9.72 Å². The van der Waals surface area contributed by atoms with Crippen LogP contribution in [-0.4, -0.2) is 0 Å². The maximum Gasteiger partial charge on any atom is 0.0543 e. The van der Waals surface area contributed by atoms with Gasteiger partial charge in [-0.05, 0) is 294 Å². The molecule has 26 rings (SSSR count). The zero-order chi connectivity index (χ0) is 81.5. The molecule has 3 heterocycles. The predicted molar refractivity (Wildman–Crippen MR) is 539 cm³/mol. The molecule has 123 heavy (non-hydrogen) atoms. The van der Waals surface area contributed by atoms with Gasteiger partial charge in [0, 0.05) is 111 Å². The van der Waals surface area contributed by atoms with E-state index in [1.165, 1.54) is 290 Å². The highest BCUT2D eigenvalue weighted by Gasteiger charge is 2.29. The van der Waals surface area contributed by atoms with E-state index in [1.54, 1.807) is 11.1 Å². The van der Waals surface area contributed by atoms with Crippen LogP contribution >= 0.6 is 34.0 Å². The van der Waals surface area contributed by atoms with E-state index in [0.29, 0.717) is 11.8 Å². The van der Waals surface area contributed by atoms with E-state index in [1.807, 2.05) is 34.0 Å². The van der Waals surface area contributed by atoms with Crippen molar-refractivity contribution in [2.45, 2.75) is 96.8 Å². The van der Waals surface area contributed by atoms with Gasteiger partial charge in [-0.25, -0.2) is 0 Å². The quantitative estimate of drug-likeness (QED) is 0.120. The zero-order valence-electron chi connectivity index (χ0n) is 69.3. The molecule has 0 aliphatic heterocycles. The first kappa shape index (κ1) is 73.7. The number of anilines is 9. The van der Waals surface area contributed by atoms with Gasteiger partial charge < -0.3 is 14.7 Å². The molecule has 0 spiro atoms. The maximum atomic E-state index is 2.60. The number of fused-ring (bicyclic) bond motifs is 9. The van der Waals surface area contributed by atoms with Crippen LogP contribution in [-0.2, 0) is 0 Å². The first-order valence-electron chi connectivity index (χ1n) is 44.1. The summed E-state index contributed by atoms with van der Waals surface area (Å²) in [4.78, 5) is 7.45. The zero-order valence-corrected chi connectivity index (χ0v) is 71.7. The molecule has 24 aromatic rings. The standard InChI is InChI=1S/C46H41NS.C36H25NS.C35H23NS/c1-4-12-30(13-5-1)35-23-20-32-21-24-38-40(31-14-6-2-7-15-31)29-42(39-26-25-37(35)45(32)46(38)39)47(33-16-8-3-9-17-33)34-22-27-44-41(28-34)36-18-10-11-19-43(36)48-44;1-22-18-23(2)20-28(19-22)37(27-14-17-34-31(21-27)29-8-3-4-9-33(29)38-34)32-16-13-26-11-10-24-6-5-7-25-12-15-30(32)36(26)35(24)25;1-22-6-4-9-26(20-22)36(27-16-19-33-30(21-27)28-10-2-3-11-32(28)37-33)31-18-15-25-13-12-23-7-5-8-24-14-17-29(31)35(25)34(23)24/h3,8-11,16-31H,1-2,4-7,12-15H2;3-21H,1-2H3;2-21H,1H3. The minimum atomic E-state index is 0.598. The summed E-state index contributed by atoms with van der Waals surface area (Å²) in [6, 6.07) is 132. The first-order valence-corrected chi connectivity index (χ1v) is 46.6. The van der Waals surface area contributed by atoms with Gasteiger partial charge in [0.1, 0.15) is 0 Å². The molecule has 2 fully saturated rings. The second-order valence-corrected chi connectivity index (χ2v) is 38.1. The fourth-order valence-corrected chi connectivity index (χ4v) is 25.0. The maximum absolute atomic E-state index is 2.60. The lowest BCUT2D eigenvalue weighted by Crippen LogP contribution is -2.13. The lowest BCUT2D eigenvalue weighted by atomic mass is 9.78. The van der Waals surface area contributed by atoms with Crippen LogP contribution in [0.1, 0.15) is 104 Å². The highest BCUT2D eigenvalue weighted by Crippen LogP contribution is 2.54. The third kappa shape index (κ3) is 12.6. The minimum absolute atomic E-state index is 0.598. The first-order chi connectivity index (χ1) is 60.7. The Bertz CT molecular complexity index is 8190. The lowest BCUT2D eigenvalue weighted by Gasteiger charge is -2.31. The third-order valence-corrected chi connectivity index (χ3v) is 30.7. The van der Waals surface area contributed by atoms with Crippen LogP contribution in [0, 0.1) is 20.8 Å². The number of nitrogens with zero attached hydrogens (tertiary/aromatic N) is 3. The van der Waals surface area contributed by atoms with E-state index in [9.17, 15) is 0 Å². The van der Waals surface area contributed by atoms with Crippen LogP contribution in [0.15, 0.2) is 352 Å². The number of para-hydroxylation sites is 1. The molecule has 2 saturated carbocycles. The normalized spacial score (nSPS) is 13.7. The van der Waals surface area contributed by atoms with Crippen LogP contribution in [0.4, 0.5) is 51.2 Å². The lowest BCUT2D eigenvalue weighted by molar-refractivity contribution is 0.445. The molecule has 21 aromatic carbocycles. The molecule has 0 atom stereocenters. The summed E-state index contributed by atoms with van der Waals surface area (Å²) >= 11 is 5.63. The average Bonchev–Trinajstić information content (AvgIpc) is 0.945. The van der Waals surface area contributed by atoms with Crippen molar-refractivity contribution in [2.24, 2.45) is 0 Å². The van der Waals surface area contributed by atoms with E-state index in [-0.39, 0.29) is 0 Å². The molecular weight excluding hydrogens is 1540 g/mol. The molecule has 6 heteroatoms. The van der Waals surface area contributed by atoms with E-state index >= 15 is 0 Å². The molecule has 0 unspecified atom stereocenters. The van der Waals surface area contributed by atoms with E-state index in [0.717, 1.165) is 0 Å². The van der Waals surface area contributed by atoms with Crippen molar-refractivity contribution in [2.75, 3.05) is 14.7 Å². The molecule has 590 valence electrons. The summed E-state index contributed by atoms with van der Waals surface area (Å²) < 4.78 is 8.02. The van der Waals surface area contributed by atoms with Gasteiger partial charge in [-0.2, -0.15) is 0 Å². The summed E-state index contributed by atoms with van der Waals surface area (Å²) in [6.07, 6.45) is 13.4. The number of thiophene rings is 3. The van der Waals surface area contributed by atoms with E-state index in [4.69, 9.17) is 0 Å². The number of hydrogen-bond acceptors (Lipinski definition) is 6. The van der Waals surface area contributed by atoms with Crippen LogP contribution in [0.2, 0.25) is 0 Å². The average molecular weight is 1630 g/mol. The summed E-state index contributed by atoms with van der Waals surface area (Å²) in [7, 11) is 0. The van der Waals surface area contributed by atoms with Crippen LogP contribution in [0.5, 0.6) is 0 Å². The van der Waals surface area contributed by atoms with Crippen LogP contribution in [0.25, 0.3) is 157 Å². The van der Waals surface area contributed by atoms with E-state index < -0.39 is 0 Å². The molecule has 3 nitrogen and oxygen atoms in total. The van der Waals surface area contributed by atoms with Crippen LogP contribution in [0.3, 0.4) is 0 Å². The Hall–Kier alpha value is -13.2. The summed E-state index contributed by atoms with van der Waals surface area (Å²) in [5.74, 6) is 1.27. The number of aryl methyl sites for hydroxylation is 3. The van der Waals surface area contributed by atoms with Crippen molar-refractivity contribution in [3.8, 4) is 0 Å². The Labute approximate surface area is 728 Å². The fraction of sp³-hybridized carbons (Fsp3) is 0.128. The van der Waals surface area contributed by atoms with Crippen molar-refractivity contribution >= 4 is 243 Å². The fourth-order valence-electron chi connectivity index (χ4n) is 21.7. The van der Waals surface area contributed by atoms with Crippen molar-refractivity contribution in [1.82, 2.24) is 0 Å². The molecule has 0 amide bonds. The van der Waals surface area contributed by atoms with Crippen LogP contribution < -0.4 is 14.7 Å². The molecule has 0 saturated heterocycles. The molecular formula is C117H89N3S3. The van der Waals surface area contributed by atoms with Gasteiger partial charge in [0.15, 0.2) is 0 Å². The predicted octanol–water partition coefficient (Wildman–Crippen LogP) is 36.3. The molecule has 2 aliphatic rings. The van der Waals surface area contributed by atoms with Gasteiger partial charge in [-0.3, -0.25) is 0 Å². The van der Waals surface area contributed by atoms with Crippen molar-refractivity contribution in [3.63, 3.8) is 0 Å². The van der Waals surface area contributed by atoms with Gasteiger partial charge in [-0.15, -0.1) is 34.0 Å². The highest BCUT2D eigenvalue weighted by molar-refractivity contribution is 7.26. The Morgan fingerprint density at radius 1 is 0.195 bits per heavy atom. The van der Waals surface area contributed by atoms with Gasteiger partial charge >= 0.3 is 0 Å². The van der Waals surface area contributed by atoms with Crippen molar-refractivity contribution in [1.29, 1.82) is 0 Å². The number of rotatable bonds is 11. The molecule has 3 aromatic heterocycles. The number of benzene rings is 21. The summed E-state index contributed by atoms with van der Waals surface area (Å²) in [6.45, 7) is 6.55. The molecule has 0 bridgehead atoms. The third-order valence-electron chi connectivity index (χ3n) is 27.2. The second-order valence-electron chi connectivity index (χ2n) is 34.8. The Morgan fingerprint density at radius 3 is 1.03 bits per heavy atom. The van der Waals surface area contributed by atoms with Crippen molar-refractivity contribution in [3.05, 3.63) is 380 Å². The molecule has 0 radical (unpaired) electrons. The van der Waals surface area contributed by atoms with Gasteiger partial charge in [0.2, 0.25) is 0 Å². The minimum Gasteiger partial charge on any atom is -0.310 e. The molecule has 0 N–H and O–H groups in total. The van der Waals surface area contributed by atoms with E-state index in [2.05, 4.69) is 387 Å². The summed E-state index contributed by atoms with van der Waals surface area (Å²) in [5, 5.41) is 32.3. The van der Waals surface area contributed by atoms with Gasteiger partial charge in [0.25, 0.3) is 0 Å². The van der Waals surface area contributed by atoms with Gasteiger partial charge in [-0.1, -0.05) is 263 Å². The Morgan fingerprint density at radius 2 is 0.537 bits per heavy atom. The highest BCUT2D eigenvalue weighted by atomic mass is 32.1. The van der Waals surface area contributed by atoms with Gasteiger partial charge in [0.05, 0.1) is 17.1 Å². The smallest absolute Gasteiger partial charge is 0.0543 e. The Kier molecular flexibility index (Phi) is 18.1. The SMILES string of the molecule is Cc1cc(C)cc(N(c2ccc3sc4ccccc4c3c2)c2ccc3ccc4cccc5ccc2c3c45)c1.Cc1cccc(N(c2ccc3sc4ccccc4c3c2)c2ccc3ccc4cccc5ccc2c3c45)c1.c1ccc(N(c2ccc3sc4ccccc4c3c2)c2cc(C3CCCCC3)c3ccc4ccc(C5CCCCC5)c5ccc2c3c45)cc1. The Balaban J connectivity index is 0.000000105. The second kappa shape index (κ2) is 30.1.